The third kappa shape index (κ3) is 2.00. The maximum atomic E-state index is 5.74. The van der Waals surface area contributed by atoms with Crippen LogP contribution < -0.4 is 0 Å². The second-order valence-electron chi connectivity index (χ2n) is 5.03. The number of nitrogens with zero attached hydrogens (tertiary/aromatic N) is 1. The smallest absolute Gasteiger partial charge is 0.172 e. The molecule has 2 heterocycles. The summed E-state index contributed by atoms with van der Waals surface area (Å²) in [5.74, 6) is -0.333. The lowest BCUT2D eigenvalue weighted by molar-refractivity contribution is -0.159. The highest BCUT2D eigenvalue weighted by Gasteiger charge is 2.38. The molecule has 19 heavy (non-hydrogen) atoms. The highest BCUT2D eigenvalue weighted by Crippen LogP contribution is 2.39. The van der Waals surface area contributed by atoms with Crippen LogP contribution in [-0.2, 0) is 9.47 Å². The number of ether oxygens (including phenoxy) is 2. The average molecular weight is 273 g/mol. The number of aromatic nitrogens is 1. The summed E-state index contributed by atoms with van der Waals surface area (Å²) < 4.78 is 12.7. The van der Waals surface area contributed by atoms with Gasteiger partial charge in [0.1, 0.15) is 5.01 Å². The molecule has 0 amide bonds. The number of rotatable bonds is 1. The van der Waals surface area contributed by atoms with Crippen LogP contribution >= 0.6 is 11.3 Å². The van der Waals surface area contributed by atoms with Crippen LogP contribution in [0.25, 0.3) is 15.8 Å². The molecule has 0 N–H and O–H groups in total. The van der Waals surface area contributed by atoms with E-state index < -0.39 is 0 Å². The van der Waals surface area contributed by atoms with Crippen molar-refractivity contribution < 1.29 is 9.47 Å². The predicted molar refractivity (Wildman–Crippen MR) is 76.1 cm³/mol. The molecule has 1 spiro atoms. The number of benzene rings is 1. The number of hydrogen-bond donors (Lipinski definition) is 0. The number of hydrogen-bond acceptors (Lipinski definition) is 4. The zero-order valence-corrected chi connectivity index (χ0v) is 11.4. The van der Waals surface area contributed by atoms with Gasteiger partial charge in [0.25, 0.3) is 0 Å². The van der Waals surface area contributed by atoms with E-state index in [4.69, 9.17) is 14.5 Å². The first-order chi connectivity index (χ1) is 9.35. The fraction of sp³-hybridized carbons (Fsp3) is 0.400. The Morgan fingerprint density at radius 1 is 1.16 bits per heavy atom. The van der Waals surface area contributed by atoms with Crippen molar-refractivity contribution in [3.63, 3.8) is 0 Å². The third-order valence-electron chi connectivity index (χ3n) is 3.82. The Bertz CT molecular complexity index is 607. The lowest BCUT2D eigenvalue weighted by atomic mass is 9.94. The Kier molecular flexibility index (Phi) is 2.69. The first-order valence-electron chi connectivity index (χ1n) is 6.68. The van der Waals surface area contributed by atoms with Crippen molar-refractivity contribution in [3.8, 4) is 0 Å². The van der Waals surface area contributed by atoms with Crippen molar-refractivity contribution in [2.24, 2.45) is 0 Å². The van der Waals surface area contributed by atoms with E-state index in [1.165, 1.54) is 10.3 Å². The maximum Gasteiger partial charge on any atom is 0.172 e. The van der Waals surface area contributed by atoms with Gasteiger partial charge >= 0.3 is 0 Å². The average Bonchev–Trinajstić information content (AvgIpc) is 3.06. The number of thiazole rings is 1. The van der Waals surface area contributed by atoms with Gasteiger partial charge in [0.15, 0.2) is 5.79 Å². The normalized spacial score (nSPS) is 22.0. The standard InChI is InChI=1S/C15H15NO2S/c1-2-4-13-12(3-1)16-14(19-13)11-5-7-15(8-6-11)17-9-10-18-15/h1-5H,6-10H2. The Morgan fingerprint density at radius 2 is 2.00 bits per heavy atom. The van der Waals surface area contributed by atoms with Crippen molar-refractivity contribution in [3.05, 3.63) is 35.3 Å². The first-order valence-corrected chi connectivity index (χ1v) is 7.49. The van der Waals surface area contributed by atoms with Gasteiger partial charge in [0.05, 0.1) is 23.4 Å². The number of allylic oxidation sites excluding steroid dienone is 1. The lowest BCUT2D eigenvalue weighted by Crippen LogP contribution is -2.31. The molecule has 3 nitrogen and oxygen atoms in total. The predicted octanol–water partition coefficient (Wildman–Crippen LogP) is 3.61. The van der Waals surface area contributed by atoms with E-state index >= 15 is 0 Å². The molecule has 0 radical (unpaired) electrons. The molecule has 1 aliphatic heterocycles. The largest absolute Gasteiger partial charge is 0.347 e. The molecule has 1 fully saturated rings. The summed E-state index contributed by atoms with van der Waals surface area (Å²) in [6, 6.07) is 8.30. The van der Waals surface area contributed by atoms with Gasteiger partial charge < -0.3 is 9.47 Å². The quantitative estimate of drug-likeness (QED) is 0.795. The van der Waals surface area contributed by atoms with E-state index in [0.717, 1.165) is 43.0 Å². The van der Waals surface area contributed by atoms with E-state index in [-0.39, 0.29) is 5.79 Å². The molecular formula is C15H15NO2S. The molecule has 0 bridgehead atoms. The van der Waals surface area contributed by atoms with Crippen LogP contribution in [-0.4, -0.2) is 24.0 Å². The minimum Gasteiger partial charge on any atom is -0.347 e. The Balaban J connectivity index is 1.64. The molecule has 0 saturated carbocycles. The molecule has 2 aliphatic rings. The fourth-order valence-electron chi connectivity index (χ4n) is 2.77. The van der Waals surface area contributed by atoms with Gasteiger partial charge in [0.2, 0.25) is 0 Å². The molecule has 0 atom stereocenters. The highest BCUT2D eigenvalue weighted by molar-refractivity contribution is 7.19. The molecular weight excluding hydrogens is 258 g/mol. The van der Waals surface area contributed by atoms with Gasteiger partial charge in [-0.25, -0.2) is 4.98 Å². The van der Waals surface area contributed by atoms with Crippen molar-refractivity contribution in [2.45, 2.75) is 25.0 Å². The van der Waals surface area contributed by atoms with E-state index in [2.05, 4.69) is 24.3 Å². The summed E-state index contributed by atoms with van der Waals surface area (Å²) >= 11 is 1.77. The highest BCUT2D eigenvalue weighted by atomic mass is 32.1. The summed E-state index contributed by atoms with van der Waals surface area (Å²) in [6.07, 6.45) is 5.01. The van der Waals surface area contributed by atoms with Crippen LogP contribution in [0, 0.1) is 0 Å². The zero-order chi connectivity index (χ0) is 12.7. The topological polar surface area (TPSA) is 31.4 Å². The molecule has 1 aromatic heterocycles. The van der Waals surface area contributed by atoms with Crippen molar-refractivity contribution in [1.29, 1.82) is 0 Å². The van der Waals surface area contributed by atoms with Crippen LogP contribution in [0.1, 0.15) is 24.3 Å². The fourth-order valence-corrected chi connectivity index (χ4v) is 3.80. The van der Waals surface area contributed by atoms with Gasteiger partial charge in [-0.1, -0.05) is 18.2 Å². The zero-order valence-electron chi connectivity index (χ0n) is 10.6. The summed E-state index contributed by atoms with van der Waals surface area (Å²) in [5.41, 5.74) is 2.43. The monoisotopic (exact) mass is 273 g/mol. The Labute approximate surface area is 115 Å². The summed E-state index contributed by atoms with van der Waals surface area (Å²) in [7, 11) is 0. The summed E-state index contributed by atoms with van der Waals surface area (Å²) in [5, 5.41) is 1.15. The number of fused-ring (bicyclic) bond motifs is 1. The van der Waals surface area contributed by atoms with Gasteiger partial charge in [-0.05, 0) is 24.1 Å². The molecule has 4 heteroatoms. The van der Waals surface area contributed by atoms with Crippen LogP contribution in [0.4, 0.5) is 0 Å². The number of para-hydroxylation sites is 1. The van der Waals surface area contributed by atoms with Crippen molar-refractivity contribution in [2.75, 3.05) is 13.2 Å². The van der Waals surface area contributed by atoms with Crippen LogP contribution in [0.15, 0.2) is 30.3 Å². The van der Waals surface area contributed by atoms with Gasteiger partial charge in [-0.3, -0.25) is 0 Å². The first kappa shape index (κ1) is 11.6. The summed E-state index contributed by atoms with van der Waals surface area (Å²) in [6.45, 7) is 1.45. The SMILES string of the molecule is C1=C(c2nc3ccccc3s2)CCC2(C1)OCCO2. The van der Waals surface area contributed by atoms with E-state index in [1.54, 1.807) is 11.3 Å². The molecule has 0 unspecified atom stereocenters. The molecule has 4 rings (SSSR count). The van der Waals surface area contributed by atoms with E-state index in [0.29, 0.717) is 0 Å². The van der Waals surface area contributed by atoms with Gasteiger partial charge in [0, 0.05) is 12.8 Å². The minimum atomic E-state index is -0.333. The molecule has 1 aromatic carbocycles. The second kappa shape index (κ2) is 4.40. The Morgan fingerprint density at radius 3 is 2.74 bits per heavy atom. The van der Waals surface area contributed by atoms with Crippen molar-refractivity contribution >= 4 is 27.1 Å². The lowest BCUT2D eigenvalue weighted by Gasteiger charge is -2.30. The van der Waals surface area contributed by atoms with Gasteiger partial charge in [-0.2, -0.15) is 0 Å². The molecule has 1 saturated heterocycles. The minimum absolute atomic E-state index is 0.333. The van der Waals surface area contributed by atoms with Crippen LogP contribution in [0.2, 0.25) is 0 Å². The molecule has 2 aromatic rings. The van der Waals surface area contributed by atoms with Crippen LogP contribution in [0.5, 0.6) is 0 Å². The Hall–Kier alpha value is -1.23. The second-order valence-corrected chi connectivity index (χ2v) is 6.06. The van der Waals surface area contributed by atoms with E-state index in [9.17, 15) is 0 Å². The molecule has 98 valence electrons. The molecule has 1 aliphatic carbocycles. The van der Waals surface area contributed by atoms with Crippen LogP contribution in [0.3, 0.4) is 0 Å². The van der Waals surface area contributed by atoms with Gasteiger partial charge in [-0.15, -0.1) is 11.3 Å². The third-order valence-corrected chi connectivity index (χ3v) is 4.93. The maximum absolute atomic E-state index is 5.74. The van der Waals surface area contributed by atoms with E-state index in [1.807, 2.05) is 6.07 Å². The summed E-state index contributed by atoms with van der Waals surface area (Å²) in [4.78, 5) is 4.72. The van der Waals surface area contributed by atoms with Crippen molar-refractivity contribution in [1.82, 2.24) is 4.98 Å².